The van der Waals surface area contributed by atoms with E-state index >= 15 is 0 Å². The normalized spacial score (nSPS) is 9.75. The Labute approximate surface area is 117 Å². The van der Waals surface area contributed by atoms with Gasteiger partial charge in [0.1, 0.15) is 6.61 Å². The first kappa shape index (κ1) is 15.9. The van der Waals surface area contributed by atoms with Crippen molar-refractivity contribution in [3.8, 4) is 0 Å². The van der Waals surface area contributed by atoms with Crippen LogP contribution in [0.3, 0.4) is 0 Å². The largest absolute Gasteiger partial charge is 0.488 e. The lowest BCUT2D eigenvalue weighted by atomic mass is 9.80. The van der Waals surface area contributed by atoms with Gasteiger partial charge in [0, 0.05) is 11.1 Å². The molecule has 0 saturated carbocycles. The summed E-state index contributed by atoms with van der Waals surface area (Å²) in [7, 11) is -1.56. The molecule has 3 N–H and O–H groups in total. The van der Waals surface area contributed by atoms with E-state index < -0.39 is 13.1 Å². The third-order valence-corrected chi connectivity index (χ3v) is 2.44. The van der Waals surface area contributed by atoms with Crippen molar-refractivity contribution in [3.63, 3.8) is 0 Å². The number of ether oxygens (including phenoxy) is 1. The monoisotopic (exact) mass is 277 g/mol. The Kier molecular flexibility index (Phi) is 5.95. The molecule has 0 aromatic heterocycles. The fourth-order valence-corrected chi connectivity index (χ4v) is 1.34. The van der Waals surface area contributed by atoms with Crippen LogP contribution in [0.1, 0.15) is 17.3 Å². The number of carbonyl (C=O) groups excluding carboxylic acids is 2. The standard InChI is InChI=1S/C13H16BNO5/c1-9(2)13(17)20-8-7-15-12(16)10-3-5-11(6-4-10)14(18)19/h3-6,18-19H,1,7-8H2,2H3,(H,15,16). The Hall–Kier alpha value is -2.12. The highest BCUT2D eigenvalue weighted by Crippen LogP contribution is 1.97. The molecule has 0 bridgehead atoms. The lowest BCUT2D eigenvalue weighted by Crippen LogP contribution is -2.31. The van der Waals surface area contributed by atoms with Gasteiger partial charge in [-0.1, -0.05) is 18.7 Å². The van der Waals surface area contributed by atoms with E-state index in [4.69, 9.17) is 14.8 Å². The van der Waals surface area contributed by atoms with Gasteiger partial charge in [0.25, 0.3) is 5.91 Å². The van der Waals surface area contributed by atoms with Crippen molar-refractivity contribution in [1.82, 2.24) is 5.32 Å². The van der Waals surface area contributed by atoms with Gasteiger partial charge in [-0.3, -0.25) is 4.79 Å². The molecule has 1 amide bonds. The highest BCUT2D eigenvalue weighted by molar-refractivity contribution is 6.58. The molecule has 1 aromatic carbocycles. The Morgan fingerprint density at radius 2 is 1.90 bits per heavy atom. The summed E-state index contributed by atoms with van der Waals surface area (Å²) in [6, 6.07) is 5.84. The molecular weight excluding hydrogens is 261 g/mol. The topological polar surface area (TPSA) is 95.9 Å². The van der Waals surface area contributed by atoms with E-state index in [1.807, 2.05) is 0 Å². The molecule has 106 valence electrons. The van der Waals surface area contributed by atoms with Gasteiger partial charge >= 0.3 is 13.1 Å². The molecule has 0 unspecified atom stereocenters. The van der Waals surface area contributed by atoms with Crippen LogP contribution in [-0.4, -0.2) is 42.2 Å². The minimum absolute atomic E-state index is 0.0604. The fraction of sp³-hybridized carbons (Fsp3) is 0.231. The van der Waals surface area contributed by atoms with Crippen molar-refractivity contribution in [2.24, 2.45) is 0 Å². The van der Waals surface area contributed by atoms with E-state index in [1.54, 1.807) is 0 Å². The number of benzene rings is 1. The summed E-state index contributed by atoms with van der Waals surface area (Å²) in [5.74, 6) is -0.837. The molecule has 0 radical (unpaired) electrons. The van der Waals surface area contributed by atoms with Crippen LogP contribution in [0.2, 0.25) is 0 Å². The maximum absolute atomic E-state index is 11.7. The molecule has 20 heavy (non-hydrogen) atoms. The van der Waals surface area contributed by atoms with E-state index in [2.05, 4.69) is 11.9 Å². The van der Waals surface area contributed by atoms with Gasteiger partial charge in [-0.05, 0) is 24.5 Å². The predicted molar refractivity (Wildman–Crippen MR) is 74.4 cm³/mol. The van der Waals surface area contributed by atoms with Gasteiger partial charge in [0.05, 0.1) is 6.54 Å². The Morgan fingerprint density at radius 1 is 1.30 bits per heavy atom. The number of hydrogen-bond acceptors (Lipinski definition) is 5. The number of rotatable bonds is 6. The minimum atomic E-state index is -1.56. The Morgan fingerprint density at radius 3 is 2.40 bits per heavy atom. The summed E-state index contributed by atoms with van der Waals surface area (Å²) >= 11 is 0. The molecule has 0 aliphatic rings. The zero-order chi connectivity index (χ0) is 15.1. The smallest absolute Gasteiger partial charge is 0.460 e. The maximum atomic E-state index is 11.7. The molecule has 7 heteroatoms. The number of amides is 1. The van der Waals surface area contributed by atoms with Crippen LogP contribution in [-0.2, 0) is 9.53 Å². The summed E-state index contributed by atoms with van der Waals surface area (Å²) < 4.78 is 4.82. The number of carbonyl (C=O) groups is 2. The predicted octanol–water partition coefficient (Wildman–Crippen LogP) is -0.784. The molecule has 0 spiro atoms. The van der Waals surface area contributed by atoms with Crippen LogP contribution in [0.4, 0.5) is 0 Å². The van der Waals surface area contributed by atoms with Crippen molar-refractivity contribution in [1.29, 1.82) is 0 Å². The molecule has 0 atom stereocenters. The quantitative estimate of drug-likeness (QED) is 0.274. The molecule has 0 saturated heterocycles. The minimum Gasteiger partial charge on any atom is -0.460 e. The van der Waals surface area contributed by atoms with Crippen molar-refractivity contribution in [2.75, 3.05) is 13.2 Å². The van der Waals surface area contributed by atoms with E-state index in [0.717, 1.165) is 0 Å². The van der Waals surface area contributed by atoms with E-state index in [-0.39, 0.29) is 19.1 Å². The first-order valence-electron chi connectivity index (χ1n) is 5.98. The van der Waals surface area contributed by atoms with Gasteiger partial charge in [0.2, 0.25) is 0 Å². The first-order chi connectivity index (χ1) is 9.41. The molecular formula is C13H16BNO5. The highest BCUT2D eigenvalue weighted by Gasteiger charge is 2.12. The molecule has 0 aliphatic carbocycles. The van der Waals surface area contributed by atoms with Crippen molar-refractivity contribution < 1.29 is 24.4 Å². The zero-order valence-corrected chi connectivity index (χ0v) is 11.1. The number of esters is 1. The van der Waals surface area contributed by atoms with Gasteiger partial charge < -0.3 is 20.1 Å². The van der Waals surface area contributed by atoms with Gasteiger partial charge in [-0.25, -0.2) is 4.79 Å². The third kappa shape index (κ3) is 4.87. The van der Waals surface area contributed by atoms with Gasteiger partial charge in [0.15, 0.2) is 0 Å². The number of nitrogens with one attached hydrogen (secondary N) is 1. The lowest BCUT2D eigenvalue weighted by Gasteiger charge is -2.07. The third-order valence-electron chi connectivity index (χ3n) is 2.44. The van der Waals surface area contributed by atoms with Gasteiger partial charge in [-0.15, -0.1) is 0 Å². The summed E-state index contributed by atoms with van der Waals surface area (Å²) in [5, 5.41) is 20.4. The van der Waals surface area contributed by atoms with E-state index in [9.17, 15) is 9.59 Å². The second-order valence-corrected chi connectivity index (χ2v) is 4.17. The fourth-order valence-electron chi connectivity index (χ4n) is 1.34. The second kappa shape index (κ2) is 7.47. The van der Waals surface area contributed by atoms with Crippen molar-refractivity contribution >= 4 is 24.5 Å². The lowest BCUT2D eigenvalue weighted by molar-refractivity contribution is -0.138. The Balaban J connectivity index is 2.39. The average molecular weight is 277 g/mol. The summed E-state index contributed by atoms with van der Waals surface area (Å²) in [4.78, 5) is 22.8. The average Bonchev–Trinajstić information content (AvgIpc) is 2.43. The van der Waals surface area contributed by atoms with Crippen LogP contribution in [0.25, 0.3) is 0 Å². The maximum Gasteiger partial charge on any atom is 0.488 e. The zero-order valence-electron chi connectivity index (χ0n) is 11.1. The van der Waals surface area contributed by atoms with E-state index in [0.29, 0.717) is 16.6 Å². The second-order valence-electron chi connectivity index (χ2n) is 4.17. The first-order valence-corrected chi connectivity index (χ1v) is 5.98. The summed E-state index contributed by atoms with van der Waals surface area (Å²) in [6.45, 7) is 5.22. The van der Waals surface area contributed by atoms with Crippen molar-refractivity contribution in [3.05, 3.63) is 42.0 Å². The SMILES string of the molecule is C=C(C)C(=O)OCCNC(=O)c1ccc(B(O)O)cc1. The molecule has 0 aliphatic heterocycles. The van der Waals surface area contributed by atoms with Crippen molar-refractivity contribution in [2.45, 2.75) is 6.92 Å². The van der Waals surface area contributed by atoms with E-state index in [1.165, 1.54) is 31.2 Å². The van der Waals surface area contributed by atoms with Crippen LogP contribution >= 0.6 is 0 Å². The number of hydrogen-bond donors (Lipinski definition) is 3. The van der Waals surface area contributed by atoms with Crippen LogP contribution < -0.4 is 10.8 Å². The molecule has 0 fully saturated rings. The van der Waals surface area contributed by atoms with Crippen LogP contribution in [0, 0.1) is 0 Å². The molecule has 6 nitrogen and oxygen atoms in total. The van der Waals surface area contributed by atoms with Crippen LogP contribution in [0.15, 0.2) is 36.4 Å². The molecule has 0 heterocycles. The highest BCUT2D eigenvalue weighted by atomic mass is 16.5. The summed E-state index contributed by atoms with van der Waals surface area (Å²) in [6.07, 6.45) is 0. The van der Waals surface area contributed by atoms with Gasteiger partial charge in [-0.2, -0.15) is 0 Å². The molecule has 1 aromatic rings. The summed E-state index contributed by atoms with van der Waals surface area (Å²) in [5.41, 5.74) is 0.979. The van der Waals surface area contributed by atoms with Crippen LogP contribution in [0.5, 0.6) is 0 Å². The Bertz CT molecular complexity index is 498. The molecule has 1 rings (SSSR count).